The molecule has 0 aliphatic carbocycles. The van der Waals surface area contributed by atoms with Gasteiger partial charge in [0, 0.05) is 56.7 Å². The number of carbonyl (C=O) groups is 1. The molecule has 2 saturated heterocycles. The predicted octanol–water partition coefficient (Wildman–Crippen LogP) is 1.75. The Hall–Kier alpha value is -2.71. The van der Waals surface area contributed by atoms with Crippen molar-refractivity contribution in [3.8, 4) is 0 Å². The van der Waals surface area contributed by atoms with E-state index in [0.29, 0.717) is 43.6 Å². The average Bonchev–Trinajstić information content (AvgIpc) is 2.75. The Morgan fingerprint density at radius 3 is 2.38 bits per heavy atom. The summed E-state index contributed by atoms with van der Waals surface area (Å²) in [7, 11) is 2.16. The first-order valence-corrected chi connectivity index (χ1v) is 10.1. The van der Waals surface area contributed by atoms with Crippen LogP contribution < -0.4 is 10.2 Å². The normalized spacial score (nSPS) is 18.0. The number of ether oxygens (including phenoxy) is 1. The molecule has 2 aliphatic rings. The zero-order valence-corrected chi connectivity index (χ0v) is 17.1. The standard InChI is InChI=1S/C21H28N6O2/c1-16-22-19(21(28)27-11-13-29-14-12-27)15-20(23-16)24-17-3-5-18(6-4-17)26-9-7-25(2)8-10-26/h3-6,15H,7-14H2,1-2H3,(H,22,23,24). The number of anilines is 3. The summed E-state index contributed by atoms with van der Waals surface area (Å²) in [4.78, 5) is 28.0. The van der Waals surface area contributed by atoms with Crippen molar-refractivity contribution in [2.45, 2.75) is 6.92 Å². The van der Waals surface area contributed by atoms with Crippen LogP contribution in [0.2, 0.25) is 0 Å². The number of piperazine rings is 1. The molecule has 0 spiro atoms. The van der Waals surface area contributed by atoms with E-state index in [1.807, 2.05) is 0 Å². The molecule has 1 amide bonds. The van der Waals surface area contributed by atoms with Crippen LogP contribution in [0.15, 0.2) is 30.3 Å². The van der Waals surface area contributed by atoms with Crippen LogP contribution >= 0.6 is 0 Å². The van der Waals surface area contributed by atoms with Gasteiger partial charge in [0.1, 0.15) is 17.3 Å². The number of aromatic nitrogens is 2. The van der Waals surface area contributed by atoms with Crippen molar-refractivity contribution in [3.63, 3.8) is 0 Å². The zero-order valence-electron chi connectivity index (χ0n) is 17.1. The molecule has 0 saturated carbocycles. The Labute approximate surface area is 171 Å². The van der Waals surface area contributed by atoms with E-state index in [-0.39, 0.29) is 5.91 Å². The van der Waals surface area contributed by atoms with Gasteiger partial charge in [-0.2, -0.15) is 0 Å². The quantitative estimate of drug-likeness (QED) is 0.844. The second kappa shape index (κ2) is 8.75. The summed E-state index contributed by atoms with van der Waals surface area (Å²) in [5.41, 5.74) is 2.58. The van der Waals surface area contributed by atoms with Gasteiger partial charge in [-0.15, -0.1) is 0 Å². The predicted molar refractivity (Wildman–Crippen MR) is 113 cm³/mol. The van der Waals surface area contributed by atoms with Crippen molar-refractivity contribution < 1.29 is 9.53 Å². The van der Waals surface area contributed by atoms with Gasteiger partial charge >= 0.3 is 0 Å². The number of hydrogen-bond acceptors (Lipinski definition) is 7. The van der Waals surface area contributed by atoms with Crippen molar-refractivity contribution in [2.75, 3.05) is 69.7 Å². The van der Waals surface area contributed by atoms with Gasteiger partial charge in [0.2, 0.25) is 0 Å². The number of nitrogens with one attached hydrogen (secondary N) is 1. The second-order valence-electron chi connectivity index (χ2n) is 7.55. The smallest absolute Gasteiger partial charge is 0.272 e. The molecule has 1 aromatic carbocycles. The van der Waals surface area contributed by atoms with Crippen LogP contribution in [0.4, 0.5) is 17.2 Å². The van der Waals surface area contributed by atoms with E-state index in [9.17, 15) is 4.79 Å². The van der Waals surface area contributed by atoms with E-state index in [4.69, 9.17) is 4.74 Å². The van der Waals surface area contributed by atoms with Crippen LogP contribution in [0, 0.1) is 6.92 Å². The Balaban J connectivity index is 1.45. The fourth-order valence-corrected chi connectivity index (χ4v) is 3.64. The van der Waals surface area contributed by atoms with Crippen LogP contribution in [-0.2, 0) is 4.74 Å². The molecule has 0 radical (unpaired) electrons. The topological polar surface area (TPSA) is 73.8 Å². The Kier molecular flexibility index (Phi) is 5.92. The van der Waals surface area contributed by atoms with Crippen LogP contribution in [0.25, 0.3) is 0 Å². The third kappa shape index (κ3) is 4.83. The molecule has 2 fully saturated rings. The fraction of sp³-hybridized carbons (Fsp3) is 0.476. The maximum absolute atomic E-state index is 12.7. The van der Waals surface area contributed by atoms with Crippen molar-refractivity contribution in [1.82, 2.24) is 19.8 Å². The SMILES string of the molecule is Cc1nc(Nc2ccc(N3CCN(C)CC3)cc2)cc(C(=O)N2CCOCC2)n1. The number of amides is 1. The lowest BCUT2D eigenvalue weighted by atomic mass is 10.2. The summed E-state index contributed by atoms with van der Waals surface area (Å²) < 4.78 is 5.33. The van der Waals surface area contributed by atoms with Crippen molar-refractivity contribution in [1.29, 1.82) is 0 Å². The summed E-state index contributed by atoms with van der Waals surface area (Å²) in [6, 6.07) is 10.1. The van der Waals surface area contributed by atoms with Crippen LogP contribution in [-0.4, -0.2) is 85.2 Å². The van der Waals surface area contributed by atoms with Gasteiger partial charge in [0.05, 0.1) is 13.2 Å². The fourth-order valence-electron chi connectivity index (χ4n) is 3.64. The lowest BCUT2D eigenvalue weighted by Crippen LogP contribution is -2.44. The molecule has 1 aromatic heterocycles. The Bertz CT molecular complexity index is 843. The first kappa shape index (κ1) is 19.6. The van der Waals surface area contributed by atoms with E-state index in [2.05, 4.69) is 56.4 Å². The summed E-state index contributed by atoms with van der Waals surface area (Å²) in [5.74, 6) is 1.12. The highest BCUT2D eigenvalue weighted by Gasteiger charge is 2.21. The maximum atomic E-state index is 12.7. The van der Waals surface area contributed by atoms with E-state index in [0.717, 1.165) is 31.9 Å². The second-order valence-corrected chi connectivity index (χ2v) is 7.55. The van der Waals surface area contributed by atoms with Gasteiger partial charge in [-0.3, -0.25) is 4.79 Å². The highest BCUT2D eigenvalue weighted by atomic mass is 16.5. The highest BCUT2D eigenvalue weighted by Crippen LogP contribution is 2.22. The summed E-state index contributed by atoms with van der Waals surface area (Å²) in [6.45, 7) is 8.39. The van der Waals surface area contributed by atoms with E-state index >= 15 is 0 Å². The first-order valence-electron chi connectivity index (χ1n) is 10.1. The molecular weight excluding hydrogens is 368 g/mol. The summed E-state index contributed by atoms with van der Waals surface area (Å²) >= 11 is 0. The molecule has 1 N–H and O–H groups in total. The third-order valence-corrected chi connectivity index (χ3v) is 5.36. The number of aryl methyl sites for hydroxylation is 1. The number of nitrogens with zero attached hydrogens (tertiary/aromatic N) is 5. The first-order chi connectivity index (χ1) is 14.1. The molecule has 2 aliphatic heterocycles. The number of likely N-dealkylation sites (N-methyl/N-ethyl adjacent to an activating group) is 1. The van der Waals surface area contributed by atoms with Gasteiger partial charge in [0.25, 0.3) is 5.91 Å². The van der Waals surface area contributed by atoms with Gasteiger partial charge in [-0.1, -0.05) is 0 Å². The molecule has 0 unspecified atom stereocenters. The molecule has 3 heterocycles. The molecular formula is C21H28N6O2. The zero-order chi connectivity index (χ0) is 20.2. The van der Waals surface area contributed by atoms with Gasteiger partial charge in [0.15, 0.2) is 0 Å². The minimum absolute atomic E-state index is 0.0766. The lowest BCUT2D eigenvalue weighted by molar-refractivity contribution is 0.0299. The Morgan fingerprint density at radius 2 is 1.69 bits per heavy atom. The number of rotatable bonds is 4. The molecule has 29 heavy (non-hydrogen) atoms. The van der Waals surface area contributed by atoms with Crippen LogP contribution in [0.5, 0.6) is 0 Å². The largest absolute Gasteiger partial charge is 0.378 e. The molecule has 2 aromatic rings. The number of benzene rings is 1. The van der Waals surface area contributed by atoms with Crippen molar-refractivity contribution in [3.05, 3.63) is 41.9 Å². The number of hydrogen-bond donors (Lipinski definition) is 1. The molecule has 4 rings (SSSR count). The minimum atomic E-state index is -0.0766. The minimum Gasteiger partial charge on any atom is -0.378 e. The van der Waals surface area contributed by atoms with Gasteiger partial charge in [-0.25, -0.2) is 9.97 Å². The van der Waals surface area contributed by atoms with Gasteiger partial charge in [-0.05, 0) is 38.2 Å². The molecule has 8 heteroatoms. The maximum Gasteiger partial charge on any atom is 0.272 e. The monoisotopic (exact) mass is 396 g/mol. The van der Waals surface area contributed by atoms with Crippen molar-refractivity contribution in [2.24, 2.45) is 0 Å². The average molecular weight is 396 g/mol. The Morgan fingerprint density at radius 1 is 1.00 bits per heavy atom. The van der Waals surface area contributed by atoms with Gasteiger partial charge < -0.3 is 24.8 Å². The van der Waals surface area contributed by atoms with E-state index in [1.54, 1.807) is 17.9 Å². The number of morpholine rings is 1. The van der Waals surface area contributed by atoms with Crippen LogP contribution in [0.1, 0.15) is 16.3 Å². The molecule has 0 bridgehead atoms. The lowest BCUT2D eigenvalue weighted by Gasteiger charge is -2.34. The van der Waals surface area contributed by atoms with E-state index < -0.39 is 0 Å². The summed E-state index contributed by atoms with van der Waals surface area (Å²) in [6.07, 6.45) is 0. The number of carbonyl (C=O) groups excluding carboxylic acids is 1. The highest BCUT2D eigenvalue weighted by molar-refractivity contribution is 5.93. The third-order valence-electron chi connectivity index (χ3n) is 5.36. The van der Waals surface area contributed by atoms with Crippen molar-refractivity contribution >= 4 is 23.1 Å². The van der Waals surface area contributed by atoms with E-state index in [1.165, 1.54) is 5.69 Å². The molecule has 0 atom stereocenters. The van der Waals surface area contributed by atoms with Crippen LogP contribution in [0.3, 0.4) is 0 Å². The molecule has 8 nitrogen and oxygen atoms in total. The summed E-state index contributed by atoms with van der Waals surface area (Å²) in [5, 5.41) is 3.31. The molecule has 154 valence electrons.